The highest BCUT2D eigenvalue weighted by Gasteiger charge is 2.11. The van der Waals surface area contributed by atoms with Crippen LogP contribution in [0.2, 0.25) is 0 Å². The Bertz CT molecular complexity index is 636. The summed E-state index contributed by atoms with van der Waals surface area (Å²) in [7, 11) is 2.09. The SMILES string of the molecule is Cc1cncc2c3ccnc(C)c3n(C)c12. The second-order valence-corrected chi connectivity index (χ2v) is 4.20. The zero-order valence-corrected chi connectivity index (χ0v) is 9.65. The average Bonchev–Trinajstić information content (AvgIpc) is 2.56. The van der Waals surface area contributed by atoms with Crippen molar-refractivity contribution >= 4 is 21.8 Å². The van der Waals surface area contributed by atoms with Crippen LogP contribution in [0, 0.1) is 13.8 Å². The van der Waals surface area contributed by atoms with Crippen molar-refractivity contribution in [2.75, 3.05) is 0 Å². The van der Waals surface area contributed by atoms with Gasteiger partial charge >= 0.3 is 0 Å². The topological polar surface area (TPSA) is 30.7 Å². The van der Waals surface area contributed by atoms with Crippen molar-refractivity contribution in [3.05, 3.63) is 35.9 Å². The third-order valence-corrected chi connectivity index (χ3v) is 3.17. The van der Waals surface area contributed by atoms with Gasteiger partial charge in [0.2, 0.25) is 0 Å². The first kappa shape index (κ1) is 9.33. The molecule has 3 heterocycles. The summed E-state index contributed by atoms with van der Waals surface area (Å²) in [6, 6.07) is 2.06. The Labute approximate surface area is 93.7 Å². The Kier molecular flexibility index (Phi) is 1.78. The molecule has 0 aliphatic rings. The van der Waals surface area contributed by atoms with E-state index in [9.17, 15) is 0 Å². The maximum Gasteiger partial charge on any atom is 0.0705 e. The molecule has 0 fully saturated rings. The van der Waals surface area contributed by atoms with E-state index < -0.39 is 0 Å². The highest BCUT2D eigenvalue weighted by Crippen LogP contribution is 2.29. The fraction of sp³-hybridized carbons (Fsp3) is 0.231. The Morgan fingerprint density at radius 2 is 1.88 bits per heavy atom. The van der Waals surface area contributed by atoms with Crippen molar-refractivity contribution in [2.45, 2.75) is 13.8 Å². The molecule has 0 aliphatic carbocycles. The molecule has 3 aromatic rings. The molecule has 0 aromatic carbocycles. The van der Waals surface area contributed by atoms with Gasteiger partial charge in [-0.05, 0) is 25.5 Å². The van der Waals surface area contributed by atoms with Gasteiger partial charge in [0.1, 0.15) is 0 Å². The number of rotatable bonds is 0. The van der Waals surface area contributed by atoms with Crippen molar-refractivity contribution in [1.82, 2.24) is 14.5 Å². The molecule has 3 rings (SSSR count). The number of nitrogens with zero attached hydrogens (tertiary/aromatic N) is 3. The first-order valence-electron chi connectivity index (χ1n) is 5.34. The minimum absolute atomic E-state index is 1.07. The molecule has 3 heteroatoms. The fourth-order valence-electron chi connectivity index (χ4n) is 2.51. The van der Waals surface area contributed by atoms with Gasteiger partial charge in [-0.15, -0.1) is 0 Å². The molecule has 0 radical (unpaired) electrons. The molecular formula is C13H13N3. The molecule has 3 aromatic heterocycles. The molecule has 0 aliphatic heterocycles. The van der Waals surface area contributed by atoms with E-state index in [1.807, 2.05) is 25.5 Å². The van der Waals surface area contributed by atoms with Crippen molar-refractivity contribution in [3.63, 3.8) is 0 Å². The second kappa shape index (κ2) is 3.04. The molecule has 0 N–H and O–H groups in total. The molecule has 0 saturated heterocycles. The van der Waals surface area contributed by atoms with Crippen LogP contribution in [0.5, 0.6) is 0 Å². The van der Waals surface area contributed by atoms with Crippen LogP contribution in [0.15, 0.2) is 24.7 Å². The van der Waals surface area contributed by atoms with Crippen molar-refractivity contribution in [2.24, 2.45) is 7.05 Å². The summed E-state index contributed by atoms with van der Waals surface area (Å²) in [5.74, 6) is 0. The lowest BCUT2D eigenvalue weighted by atomic mass is 10.2. The molecule has 16 heavy (non-hydrogen) atoms. The molecule has 0 amide bonds. The molecule has 3 nitrogen and oxygen atoms in total. The van der Waals surface area contributed by atoms with Gasteiger partial charge in [-0.1, -0.05) is 0 Å². The van der Waals surface area contributed by atoms with Crippen LogP contribution in [0.4, 0.5) is 0 Å². The van der Waals surface area contributed by atoms with Crippen LogP contribution in [-0.4, -0.2) is 14.5 Å². The van der Waals surface area contributed by atoms with Gasteiger partial charge in [0.15, 0.2) is 0 Å². The largest absolute Gasteiger partial charge is 0.342 e. The molecule has 80 valence electrons. The maximum atomic E-state index is 4.35. The van der Waals surface area contributed by atoms with E-state index in [-0.39, 0.29) is 0 Å². The minimum Gasteiger partial charge on any atom is -0.342 e. The zero-order valence-electron chi connectivity index (χ0n) is 9.65. The Balaban J connectivity index is 2.70. The molecule has 0 saturated carbocycles. The number of hydrogen-bond acceptors (Lipinski definition) is 2. The smallest absolute Gasteiger partial charge is 0.0705 e. The molecule has 0 unspecified atom stereocenters. The number of aromatic nitrogens is 3. The van der Waals surface area contributed by atoms with Gasteiger partial charge in [-0.25, -0.2) is 0 Å². The van der Waals surface area contributed by atoms with Gasteiger partial charge in [-0.2, -0.15) is 0 Å². The van der Waals surface area contributed by atoms with Crippen molar-refractivity contribution < 1.29 is 0 Å². The number of aryl methyl sites for hydroxylation is 3. The molecule has 0 bridgehead atoms. The summed E-state index contributed by atoms with van der Waals surface area (Å²) in [4.78, 5) is 8.62. The fourth-order valence-corrected chi connectivity index (χ4v) is 2.51. The van der Waals surface area contributed by atoms with Crippen LogP contribution < -0.4 is 0 Å². The van der Waals surface area contributed by atoms with E-state index in [2.05, 4.69) is 34.6 Å². The van der Waals surface area contributed by atoms with Gasteiger partial charge in [0, 0.05) is 36.4 Å². The number of fused-ring (bicyclic) bond motifs is 3. The third-order valence-electron chi connectivity index (χ3n) is 3.17. The minimum atomic E-state index is 1.07. The van der Waals surface area contributed by atoms with Crippen LogP contribution in [0.1, 0.15) is 11.3 Å². The maximum absolute atomic E-state index is 4.35. The van der Waals surface area contributed by atoms with Gasteiger partial charge < -0.3 is 4.57 Å². The van der Waals surface area contributed by atoms with E-state index in [0.717, 1.165) is 5.69 Å². The molecule has 0 atom stereocenters. The van der Waals surface area contributed by atoms with Crippen LogP contribution in [0.25, 0.3) is 21.8 Å². The summed E-state index contributed by atoms with van der Waals surface area (Å²) >= 11 is 0. The van der Waals surface area contributed by atoms with Gasteiger partial charge in [0.25, 0.3) is 0 Å². The summed E-state index contributed by atoms with van der Waals surface area (Å²) < 4.78 is 2.21. The van der Waals surface area contributed by atoms with E-state index in [1.54, 1.807) is 0 Å². The first-order chi connectivity index (χ1) is 7.70. The Morgan fingerprint density at radius 3 is 2.69 bits per heavy atom. The lowest BCUT2D eigenvalue weighted by molar-refractivity contribution is 0.989. The van der Waals surface area contributed by atoms with Gasteiger partial charge in [0.05, 0.1) is 16.7 Å². The molecule has 0 spiro atoms. The normalized spacial score (nSPS) is 11.4. The summed E-state index contributed by atoms with van der Waals surface area (Å²) in [6.45, 7) is 4.14. The second-order valence-electron chi connectivity index (χ2n) is 4.20. The third kappa shape index (κ3) is 1.03. The summed E-state index contributed by atoms with van der Waals surface area (Å²) in [6.07, 6.45) is 5.70. The van der Waals surface area contributed by atoms with E-state index in [4.69, 9.17) is 0 Å². The predicted octanol–water partition coefficient (Wildman–Crippen LogP) is 2.74. The Hall–Kier alpha value is -1.90. The number of hydrogen-bond donors (Lipinski definition) is 0. The standard InChI is InChI=1S/C13H13N3/c1-8-6-14-7-11-10-4-5-15-9(2)13(10)16(3)12(8)11/h4-7H,1-3H3. The highest BCUT2D eigenvalue weighted by molar-refractivity contribution is 6.09. The zero-order chi connectivity index (χ0) is 11.3. The van der Waals surface area contributed by atoms with Crippen LogP contribution >= 0.6 is 0 Å². The average molecular weight is 211 g/mol. The summed E-state index contributed by atoms with van der Waals surface area (Å²) in [5, 5.41) is 2.45. The quantitative estimate of drug-likeness (QED) is 0.572. The lowest BCUT2D eigenvalue weighted by Crippen LogP contribution is -1.92. The highest BCUT2D eigenvalue weighted by atomic mass is 15.0. The number of pyridine rings is 2. The Morgan fingerprint density at radius 1 is 1.06 bits per heavy atom. The summed E-state index contributed by atoms with van der Waals surface area (Å²) in [5.41, 5.74) is 4.72. The van der Waals surface area contributed by atoms with Crippen molar-refractivity contribution in [3.8, 4) is 0 Å². The van der Waals surface area contributed by atoms with Crippen LogP contribution in [0.3, 0.4) is 0 Å². The van der Waals surface area contributed by atoms with Crippen LogP contribution in [-0.2, 0) is 7.05 Å². The van der Waals surface area contributed by atoms with E-state index in [0.29, 0.717) is 0 Å². The predicted molar refractivity (Wildman–Crippen MR) is 65.5 cm³/mol. The van der Waals surface area contributed by atoms with Gasteiger partial charge in [-0.3, -0.25) is 9.97 Å². The first-order valence-corrected chi connectivity index (χ1v) is 5.34. The van der Waals surface area contributed by atoms with E-state index >= 15 is 0 Å². The monoisotopic (exact) mass is 211 g/mol. The van der Waals surface area contributed by atoms with Crippen molar-refractivity contribution in [1.29, 1.82) is 0 Å². The molecular weight excluding hydrogens is 198 g/mol. The van der Waals surface area contributed by atoms with E-state index in [1.165, 1.54) is 27.4 Å². The lowest BCUT2D eigenvalue weighted by Gasteiger charge is -2.01.